The van der Waals surface area contributed by atoms with Gasteiger partial charge in [-0.05, 0) is 24.1 Å². The van der Waals surface area contributed by atoms with Gasteiger partial charge in [0.2, 0.25) is 24.5 Å². The van der Waals surface area contributed by atoms with Gasteiger partial charge in [0.25, 0.3) is 5.56 Å². The number of cyclic esters (lactones) is 1. The molecule has 19 heteroatoms. The zero-order valence-corrected chi connectivity index (χ0v) is 34.3. The number of aromatic nitrogens is 2. The van der Waals surface area contributed by atoms with E-state index in [-0.39, 0.29) is 118 Å². The third-order valence-corrected chi connectivity index (χ3v) is 11.2. The van der Waals surface area contributed by atoms with Crippen molar-refractivity contribution >= 4 is 40.4 Å². The van der Waals surface area contributed by atoms with E-state index in [2.05, 4.69) is 10.6 Å². The van der Waals surface area contributed by atoms with Crippen LogP contribution in [0.1, 0.15) is 61.8 Å². The number of nitrogens with zero attached hydrogens (tertiary/aromatic N) is 3. The lowest BCUT2D eigenvalue weighted by atomic mass is 9.86. The van der Waals surface area contributed by atoms with Crippen molar-refractivity contribution < 1.29 is 62.2 Å². The van der Waals surface area contributed by atoms with Crippen molar-refractivity contribution in [2.24, 2.45) is 5.92 Å². The number of imide groups is 1. The maximum atomic E-state index is 13.8. The third kappa shape index (κ3) is 9.61. The highest BCUT2D eigenvalue weighted by atomic mass is 16.7. The number of ketones is 1. The summed E-state index contributed by atoms with van der Waals surface area (Å²) < 4.78 is 40.1. The Labute approximate surface area is 350 Å². The number of hydrogen-bond acceptors (Lipinski definition) is 16. The van der Waals surface area contributed by atoms with Gasteiger partial charge >= 0.3 is 5.97 Å². The number of rotatable bonds is 23. The van der Waals surface area contributed by atoms with Crippen LogP contribution in [0.2, 0.25) is 0 Å². The van der Waals surface area contributed by atoms with Crippen LogP contribution in [0.25, 0.3) is 22.3 Å². The van der Waals surface area contributed by atoms with Gasteiger partial charge in [-0.15, -0.1) is 0 Å². The number of nitrogens with one attached hydrogen (secondary N) is 2. The summed E-state index contributed by atoms with van der Waals surface area (Å²) in [6.07, 6.45) is 0.477. The summed E-state index contributed by atoms with van der Waals surface area (Å²) >= 11 is 0. The van der Waals surface area contributed by atoms with Crippen molar-refractivity contribution in [1.29, 1.82) is 0 Å². The van der Waals surface area contributed by atoms with Gasteiger partial charge in [0.15, 0.2) is 17.1 Å². The Morgan fingerprint density at radius 3 is 2.28 bits per heavy atom. The maximum Gasteiger partial charge on any atom is 0.343 e. The second kappa shape index (κ2) is 19.6. The molecule has 4 aliphatic rings. The molecule has 7 rings (SSSR count). The highest BCUT2D eigenvalue weighted by molar-refractivity contribution is 6.03. The minimum absolute atomic E-state index is 0.0334. The zero-order chi connectivity index (χ0) is 43.1. The fourth-order valence-corrected chi connectivity index (χ4v) is 7.76. The average Bonchev–Trinajstić information content (AvgIpc) is 3.93. The Hall–Kier alpha value is -5.31. The van der Waals surface area contributed by atoms with Crippen LogP contribution in [0, 0.1) is 5.92 Å². The van der Waals surface area contributed by atoms with Crippen LogP contribution in [-0.2, 0) is 73.0 Å². The molecule has 0 aliphatic carbocycles. The van der Waals surface area contributed by atoms with Gasteiger partial charge in [-0.1, -0.05) is 13.8 Å². The predicted octanol–water partition coefficient (Wildman–Crippen LogP) is 0.825. The second-order valence-corrected chi connectivity index (χ2v) is 15.2. The van der Waals surface area contributed by atoms with Gasteiger partial charge in [0.1, 0.15) is 12.4 Å². The SMILES string of the molecule is CC[C@@]1(O)C(=O)OCc2c1cc1n(c2=O)Cc2c-1nc1cc3c(cc1c2CNCC(=O)CCOCCOCCOCCOCCNC(=O)CCN1C(=O)CC(C)C1=O)OCO3. The van der Waals surface area contributed by atoms with E-state index >= 15 is 0 Å². The number of Topliss-reactive ketones (excluding diaryl/α,β-unsaturated/α-hetero) is 1. The first-order valence-electron chi connectivity index (χ1n) is 20.6. The molecule has 0 saturated carbocycles. The molecular formula is C42H51N5O14. The number of esters is 1. The van der Waals surface area contributed by atoms with Gasteiger partial charge in [-0.25, -0.2) is 9.78 Å². The zero-order valence-electron chi connectivity index (χ0n) is 34.3. The molecule has 1 fully saturated rings. The van der Waals surface area contributed by atoms with E-state index in [4.69, 9.17) is 38.1 Å². The molecule has 1 unspecified atom stereocenters. The van der Waals surface area contributed by atoms with E-state index in [9.17, 15) is 33.9 Å². The molecule has 3 amide bonds. The summed E-state index contributed by atoms with van der Waals surface area (Å²) in [5, 5.41) is 18.0. The summed E-state index contributed by atoms with van der Waals surface area (Å²) in [6.45, 7) is 6.73. The monoisotopic (exact) mass is 849 g/mol. The van der Waals surface area contributed by atoms with E-state index in [0.717, 1.165) is 21.4 Å². The summed E-state index contributed by atoms with van der Waals surface area (Å²) in [5.74, 6) is -0.792. The van der Waals surface area contributed by atoms with Crippen molar-refractivity contribution in [3.8, 4) is 22.9 Å². The molecule has 3 N–H and O–H groups in total. The number of carbonyl (C=O) groups excluding carboxylic acids is 5. The highest BCUT2D eigenvalue weighted by Gasteiger charge is 2.45. The van der Waals surface area contributed by atoms with Crippen LogP contribution < -0.4 is 25.7 Å². The Morgan fingerprint density at radius 1 is 0.902 bits per heavy atom. The molecule has 4 aliphatic heterocycles. The van der Waals surface area contributed by atoms with Crippen LogP contribution in [0.3, 0.4) is 0 Å². The molecule has 0 spiro atoms. The molecule has 6 heterocycles. The quantitative estimate of drug-likeness (QED) is 0.0533. The molecule has 2 atom stereocenters. The number of amides is 3. The lowest BCUT2D eigenvalue weighted by Crippen LogP contribution is -2.44. The first-order chi connectivity index (χ1) is 29.5. The molecule has 0 bridgehead atoms. The van der Waals surface area contributed by atoms with Crippen LogP contribution in [0.4, 0.5) is 0 Å². The second-order valence-electron chi connectivity index (χ2n) is 15.2. The molecule has 2 aromatic heterocycles. The van der Waals surface area contributed by atoms with E-state index in [1.165, 1.54) is 0 Å². The van der Waals surface area contributed by atoms with Crippen molar-refractivity contribution in [3.63, 3.8) is 0 Å². The maximum absolute atomic E-state index is 13.8. The average molecular weight is 850 g/mol. The smallest absolute Gasteiger partial charge is 0.343 e. The lowest BCUT2D eigenvalue weighted by molar-refractivity contribution is -0.172. The Kier molecular flexibility index (Phi) is 14.1. The van der Waals surface area contributed by atoms with Gasteiger partial charge in [0, 0.05) is 67.4 Å². The minimum atomic E-state index is -1.95. The van der Waals surface area contributed by atoms with Crippen molar-refractivity contribution in [2.75, 3.05) is 79.3 Å². The number of benzene rings is 1. The molecule has 328 valence electrons. The highest BCUT2D eigenvalue weighted by Crippen LogP contribution is 2.43. The van der Waals surface area contributed by atoms with Gasteiger partial charge < -0.3 is 53.5 Å². The number of aliphatic hydroxyl groups is 1. The normalized spacial score (nSPS) is 18.7. The largest absolute Gasteiger partial charge is 0.458 e. The predicted molar refractivity (Wildman–Crippen MR) is 213 cm³/mol. The van der Waals surface area contributed by atoms with Gasteiger partial charge in [-0.3, -0.25) is 28.9 Å². The lowest BCUT2D eigenvalue weighted by Gasteiger charge is -2.31. The van der Waals surface area contributed by atoms with E-state index in [0.29, 0.717) is 81.2 Å². The van der Waals surface area contributed by atoms with E-state index in [1.807, 2.05) is 6.07 Å². The molecule has 61 heavy (non-hydrogen) atoms. The Balaban J connectivity index is 0.787. The fraction of sp³-hybridized carbons (Fsp3) is 0.548. The van der Waals surface area contributed by atoms with Crippen LogP contribution in [-0.4, -0.2) is 128 Å². The molecule has 19 nitrogen and oxygen atoms in total. The van der Waals surface area contributed by atoms with E-state index < -0.39 is 11.6 Å². The summed E-state index contributed by atoms with van der Waals surface area (Å²) in [5.41, 5.74) is 1.38. The molecule has 0 radical (unpaired) electrons. The van der Waals surface area contributed by atoms with E-state index in [1.54, 1.807) is 30.5 Å². The van der Waals surface area contributed by atoms with Crippen LogP contribution in [0.15, 0.2) is 23.0 Å². The molecule has 1 saturated heterocycles. The number of fused-ring (bicyclic) bond motifs is 6. The topological polar surface area (TPSA) is 232 Å². The molecule has 3 aromatic rings. The number of ether oxygens (including phenoxy) is 7. The Morgan fingerprint density at radius 2 is 1.59 bits per heavy atom. The fourth-order valence-electron chi connectivity index (χ4n) is 7.76. The summed E-state index contributed by atoms with van der Waals surface area (Å²) in [6, 6.07) is 5.30. The standard InChI is InChI=1S/C42H51N5O14/c1-3-42(54)31-18-33-38-29(22-47(33)40(52)30(31)23-59-41(42)53)28(27-17-34-35(61-24-60-34)19-32(27)45-38)21-43-20-26(48)5-8-55-10-12-57-14-15-58-13-11-56-9-6-44-36(49)4-7-46-37(50)16-25(2)39(46)51/h17-19,25,43,54H,3-16,20-24H2,1-2H3,(H,44,49)/t25?,42-/m0/s1. The van der Waals surface area contributed by atoms with Gasteiger partial charge in [-0.2, -0.15) is 0 Å². The van der Waals surface area contributed by atoms with Crippen molar-refractivity contribution in [2.45, 2.75) is 64.8 Å². The third-order valence-electron chi connectivity index (χ3n) is 11.2. The van der Waals surface area contributed by atoms with Crippen molar-refractivity contribution in [3.05, 3.63) is 50.8 Å². The minimum Gasteiger partial charge on any atom is -0.458 e. The molecule has 1 aromatic carbocycles. The number of likely N-dealkylation sites (tertiary alicyclic amines) is 1. The van der Waals surface area contributed by atoms with Gasteiger partial charge in [0.05, 0.1) is 88.4 Å². The number of hydrogen-bond donors (Lipinski definition) is 3. The number of pyridine rings is 2. The van der Waals surface area contributed by atoms with Crippen LogP contribution in [0.5, 0.6) is 11.5 Å². The summed E-state index contributed by atoms with van der Waals surface area (Å²) in [7, 11) is 0. The van der Waals surface area contributed by atoms with Crippen molar-refractivity contribution in [1.82, 2.24) is 25.1 Å². The first kappa shape index (κ1) is 43.8. The Bertz CT molecular complexity index is 2240. The summed E-state index contributed by atoms with van der Waals surface area (Å²) in [4.78, 5) is 81.0. The first-order valence-corrected chi connectivity index (χ1v) is 20.6. The van der Waals surface area contributed by atoms with Crippen LogP contribution >= 0.6 is 0 Å². The number of carbonyl (C=O) groups is 5. The molecular weight excluding hydrogens is 798 g/mol.